The molecule has 0 spiro atoms. The van der Waals surface area contributed by atoms with E-state index in [1.165, 1.54) is 0 Å². The van der Waals surface area contributed by atoms with Gasteiger partial charge in [-0.15, -0.1) is 0 Å². The Kier molecular flexibility index (Phi) is 3.28. The Morgan fingerprint density at radius 1 is 1.36 bits per heavy atom. The van der Waals surface area contributed by atoms with Crippen LogP contribution in [0.25, 0.3) is 0 Å². The van der Waals surface area contributed by atoms with E-state index in [2.05, 4.69) is 9.88 Å². The van der Waals surface area contributed by atoms with Crippen LogP contribution in [0.3, 0.4) is 0 Å². The first-order valence-corrected chi connectivity index (χ1v) is 4.96. The SMILES string of the molecule is CC.CN1CCC(=O)c2ncn(C)c21. The fraction of sp³-hybridized carbons (Fsp3) is 0.600. The molecule has 0 N–H and O–H groups in total. The fourth-order valence-corrected chi connectivity index (χ4v) is 1.56. The molecule has 0 saturated carbocycles. The molecular formula is C10H17N3O. The van der Waals surface area contributed by atoms with E-state index in [4.69, 9.17) is 0 Å². The van der Waals surface area contributed by atoms with Gasteiger partial charge in [0.2, 0.25) is 0 Å². The van der Waals surface area contributed by atoms with E-state index in [0.29, 0.717) is 12.1 Å². The lowest BCUT2D eigenvalue weighted by molar-refractivity contribution is 0.0976. The molecule has 1 aromatic rings. The molecule has 0 aromatic carbocycles. The predicted octanol–water partition coefficient (Wildman–Crippen LogP) is 1.47. The van der Waals surface area contributed by atoms with Crippen molar-refractivity contribution in [1.82, 2.24) is 9.55 Å². The number of carbonyl (C=O) groups is 1. The van der Waals surface area contributed by atoms with Crippen LogP contribution in [0.5, 0.6) is 0 Å². The summed E-state index contributed by atoms with van der Waals surface area (Å²) in [6.45, 7) is 4.80. The minimum atomic E-state index is 0.156. The van der Waals surface area contributed by atoms with E-state index in [-0.39, 0.29) is 5.78 Å². The van der Waals surface area contributed by atoms with Gasteiger partial charge in [-0.2, -0.15) is 0 Å². The molecule has 0 atom stereocenters. The van der Waals surface area contributed by atoms with Gasteiger partial charge in [0.05, 0.1) is 6.33 Å². The Labute approximate surface area is 84.5 Å². The van der Waals surface area contributed by atoms with Crippen LogP contribution in [0.2, 0.25) is 0 Å². The van der Waals surface area contributed by atoms with Gasteiger partial charge in [-0.3, -0.25) is 4.79 Å². The maximum Gasteiger partial charge on any atom is 0.186 e. The van der Waals surface area contributed by atoms with Crippen molar-refractivity contribution < 1.29 is 4.79 Å². The van der Waals surface area contributed by atoms with Gasteiger partial charge in [-0.25, -0.2) is 4.98 Å². The number of hydrogen-bond acceptors (Lipinski definition) is 3. The first-order valence-electron chi connectivity index (χ1n) is 4.96. The second kappa shape index (κ2) is 4.26. The summed E-state index contributed by atoms with van der Waals surface area (Å²) in [5, 5.41) is 0. The Bertz CT molecular complexity index is 330. The maximum absolute atomic E-state index is 11.3. The average Bonchev–Trinajstić information content (AvgIpc) is 2.59. The smallest absolute Gasteiger partial charge is 0.186 e. The highest BCUT2D eigenvalue weighted by Gasteiger charge is 2.24. The summed E-state index contributed by atoms with van der Waals surface area (Å²) in [4.78, 5) is 17.5. The van der Waals surface area contributed by atoms with Crippen molar-refractivity contribution in [2.45, 2.75) is 20.3 Å². The zero-order chi connectivity index (χ0) is 10.7. The zero-order valence-electron chi connectivity index (χ0n) is 9.24. The summed E-state index contributed by atoms with van der Waals surface area (Å²) in [6, 6.07) is 0. The van der Waals surface area contributed by atoms with E-state index in [9.17, 15) is 4.79 Å². The molecule has 1 aliphatic heterocycles. The molecule has 0 bridgehead atoms. The number of anilines is 1. The summed E-state index contributed by atoms with van der Waals surface area (Å²) in [7, 11) is 3.88. The number of hydrogen-bond donors (Lipinski definition) is 0. The van der Waals surface area contributed by atoms with Gasteiger partial charge in [0.25, 0.3) is 0 Å². The molecule has 0 fully saturated rings. The van der Waals surface area contributed by atoms with Gasteiger partial charge in [0.1, 0.15) is 11.5 Å². The lowest BCUT2D eigenvalue weighted by Crippen LogP contribution is -2.29. The minimum Gasteiger partial charge on any atom is -0.359 e. The van der Waals surface area contributed by atoms with E-state index >= 15 is 0 Å². The topological polar surface area (TPSA) is 38.1 Å². The normalized spacial score (nSPS) is 14.6. The van der Waals surface area contributed by atoms with Crippen molar-refractivity contribution in [2.24, 2.45) is 7.05 Å². The molecule has 0 amide bonds. The Morgan fingerprint density at radius 3 is 2.57 bits per heavy atom. The summed E-state index contributed by atoms with van der Waals surface area (Å²) < 4.78 is 1.88. The van der Waals surface area contributed by atoms with Crippen LogP contribution in [0.1, 0.15) is 30.8 Å². The third-order valence-electron chi connectivity index (χ3n) is 2.21. The van der Waals surface area contributed by atoms with E-state index in [1.54, 1.807) is 6.33 Å². The van der Waals surface area contributed by atoms with Crippen molar-refractivity contribution >= 4 is 11.6 Å². The number of nitrogens with zero attached hydrogens (tertiary/aromatic N) is 3. The van der Waals surface area contributed by atoms with Crippen LogP contribution >= 0.6 is 0 Å². The first-order chi connectivity index (χ1) is 6.70. The van der Waals surface area contributed by atoms with E-state index in [1.807, 2.05) is 32.5 Å². The van der Waals surface area contributed by atoms with Gasteiger partial charge < -0.3 is 9.47 Å². The molecule has 0 saturated heterocycles. The zero-order valence-corrected chi connectivity index (χ0v) is 9.24. The molecule has 2 heterocycles. The average molecular weight is 195 g/mol. The molecular weight excluding hydrogens is 178 g/mol. The molecule has 78 valence electrons. The largest absolute Gasteiger partial charge is 0.359 e. The summed E-state index contributed by atoms with van der Waals surface area (Å²) in [6.07, 6.45) is 2.27. The lowest BCUT2D eigenvalue weighted by atomic mass is 10.1. The second-order valence-corrected chi connectivity index (χ2v) is 3.12. The van der Waals surface area contributed by atoms with Crippen LogP contribution in [0.4, 0.5) is 5.82 Å². The summed E-state index contributed by atoms with van der Waals surface area (Å²) in [5.41, 5.74) is 0.617. The van der Waals surface area contributed by atoms with Gasteiger partial charge >= 0.3 is 0 Å². The molecule has 14 heavy (non-hydrogen) atoms. The molecule has 4 nitrogen and oxygen atoms in total. The maximum atomic E-state index is 11.3. The van der Waals surface area contributed by atoms with Crippen molar-refractivity contribution in [3.05, 3.63) is 12.0 Å². The highest BCUT2D eigenvalue weighted by atomic mass is 16.1. The Balaban J connectivity index is 0.000000461. The lowest BCUT2D eigenvalue weighted by Gasteiger charge is -2.23. The van der Waals surface area contributed by atoms with Crippen molar-refractivity contribution in [3.8, 4) is 0 Å². The molecule has 0 aliphatic carbocycles. The number of Topliss-reactive ketones (excluding diaryl/α,β-unsaturated/α-hetero) is 1. The number of fused-ring (bicyclic) bond motifs is 1. The molecule has 1 aliphatic rings. The molecule has 2 rings (SSSR count). The van der Waals surface area contributed by atoms with Crippen molar-refractivity contribution in [1.29, 1.82) is 0 Å². The first kappa shape index (κ1) is 10.8. The highest BCUT2D eigenvalue weighted by Crippen LogP contribution is 2.23. The van der Waals surface area contributed by atoms with E-state index in [0.717, 1.165) is 12.4 Å². The monoisotopic (exact) mass is 195 g/mol. The van der Waals surface area contributed by atoms with E-state index < -0.39 is 0 Å². The molecule has 0 radical (unpaired) electrons. The predicted molar refractivity (Wildman–Crippen MR) is 56.8 cm³/mol. The number of rotatable bonds is 0. The van der Waals surface area contributed by atoms with Crippen LogP contribution < -0.4 is 4.90 Å². The summed E-state index contributed by atoms with van der Waals surface area (Å²) in [5.74, 6) is 1.09. The van der Waals surface area contributed by atoms with Crippen molar-refractivity contribution in [2.75, 3.05) is 18.5 Å². The van der Waals surface area contributed by atoms with Gasteiger partial charge in [-0.1, -0.05) is 13.8 Å². The molecule has 4 heteroatoms. The second-order valence-electron chi connectivity index (χ2n) is 3.12. The van der Waals surface area contributed by atoms with Gasteiger partial charge in [-0.05, 0) is 0 Å². The number of aromatic nitrogens is 2. The molecule has 0 unspecified atom stereocenters. The quantitative estimate of drug-likeness (QED) is 0.629. The number of carbonyl (C=O) groups excluding carboxylic acids is 1. The fourth-order valence-electron chi connectivity index (χ4n) is 1.56. The highest BCUT2D eigenvalue weighted by molar-refractivity contribution is 6.00. The number of ketones is 1. The summed E-state index contributed by atoms with van der Waals surface area (Å²) >= 11 is 0. The van der Waals surface area contributed by atoms with Gasteiger partial charge in [0, 0.05) is 27.1 Å². The van der Waals surface area contributed by atoms with Crippen LogP contribution in [0, 0.1) is 0 Å². The third kappa shape index (κ3) is 1.64. The van der Waals surface area contributed by atoms with Crippen LogP contribution in [-0.2, 0) is 7.05 Å². The number of aryl methyl sites for hydroxylation is 1. The molecule has 1 aromatic heterocycles. The van der Waals surface area contributed by atoms with Crippen molar-refractivity contribution in [3.63, 3.8) is 0 Å². The Hall–Kier alpha value is -1.32. The number of imidazole rings is 1. The minimum absolute atomic E-state index is 0.156. The third-order valence-corrected chi connectivity index (χ3v) is 2.21. The van der Waals surface area contributed by atoms with Crippen LogP contribution in [-0.4, -0.2) is 28.9 Å². The standard InChI is InChI=1S/C8H11N3O.C2H6/c1-10-4-3-6(12)7-8(10)11(2)5-9-7;1-2/h5H,3-4H2,1-2H3;1-2H3. The van der Waals surface area contributed by atoms with Gasteiger partial charge in [0.15, 0.2) is 5.78 Å². The Morgan fingerprint density at radius 2 is 2.00 bits per heavy atom. The van der Waals surface area contributed by atoms with Crippen LogP contribution in [0.15, 0.2) is 6.33 Å².